The second-order valence-corrected chi connectivity index (χ2v) is 6.89. The molecule has 132 valence electrons. The van der Waals surface area contributed by atoms with Gasteiger partial charge in [0.05, 0.1) is 5.56 Å². The first-order valence-electron chi connectivity index (χ1n) is 8.57. The van der Waals surface area contributed by atoms with E-state index in [0.717, 1.165) is 38.2 Å². The molecule has 0 aromatic heterocycles. The van der Waals surface area contributed by atoms with E-state index in [4.69, 9.17) is 5.73 Å². The van der Waals surface area contributed by atoms with Crippen molar-refractivity contribution >= 4 is 5.91 Å². The lowest BCUT2D eigenvalue weighted by Crippen LogP contribution is -2.40. The van der Waals surface area contributed by atoms with Crippen molar-refractivity contribution in [2.24, 2.45) is 17.6 Å². The maximum absolute atomic E-state index is 13.2. The summed E-state index contributed by atoms with van der Waals surface area (Å²) in [6, 6.07) is 5.62. The fraction of sp³-hybridized carbons (Fsp3) is 0.611. The molecule has 0 spiro atoms. The summed E-state index contributed by atoms with van der Waals surface area (Å²) in [6.07, 6.45) is 0.0488. The average Bonchev–Trinajstić information content (AvgIpc) is 3.27. The van der Waals surface area contributed by atoms with Crippen LogP contribution in [0.15, 0.2) is 24.3 Å². The van der Waals surface area contributed by atoms with Gasteiger partial charge in [-0.05, 0) is 49.8 Å². The second-order valence-electron chi connectivity index (χ2n) is 6.89. The number of alkyl halides is 3. The highest BCUT2D eigenvalue weighted by atomic mass is 19.4. The van der Waals surface area contributed by atoms with Crippen LogP contribution in [0, 0.1) is 11.8 Å². The Kier molecular flexibility index (Phi) is 4.85. The van der Waals surface area contributed by atoms with E-state index in [0.29, 0.717) is 6.54 Å². The number of hydrogen-bond acceptors (Lipinski definition) is 2. The Labute approximate surface area is 140 Å². The second kappa shape index (κ2) is 6.75. The van der Waals surface area contributed by atoms with Crippen LogP contribution in [-0.2, 0) is 17.5 Å². The third-order valence-corrected chi connectivity index (χ3v) is 5.21. The monoisotopic (exact) mass is 340 g/mol. The molecule has 0 saturated heterocycles. The predicted octanol–water partition coefficient (Wildman–Crippen LogP) is 3.57. The van der Waals surface area contributed by atoms with E-state index in [1.807, 2.05) is 0 Å². The number of nitrogens with two attached hydrogens (primary N) is 1. The molecule has 2 aliphatic carbocycles. The van der Waals surface area contributed by atoms with Crippen LogP contribution in [0.5, 0.6) is 0 Å². The lowest BCUT2D eigenvalue weighted by molar-refractivity contribution is -0.141. The third kappa shape index (κ3) is 3.58. The number of rotatable bonds is 5. The molecule has 6 heteroatoms. The highest BCUT2D eigenvalue weighted by molar-refractivity contribution is 5.80. The zero-order valence-electron chi connectivity index (χ0n) is 13.6. The predicted molar refractivity (Wildman–Crippen MR) is 84.9 cm³/mol. The number of nitrogens with zero attached hydrogens (tertiary/aromatic N) is 1. The first-order chi connectivity index (χ1) is 11.4. The van der Waals surface area contributed by atoms with Crippen molar-refractivity contribution in [1.29, 1.82) is 0 Å². The Balaban J connectivity index is 1.82. The number of carbonyl (C=O) groups is 1. The number of halogens is 3. The highest BCUT2D eigenvalue weighted by Gasteiger charge is 2.41. The molecule has 24 heavy (non-hydrogen) atoms. The van der Waals surface area contributed by atoms with Crippen molar-refractivity contribution in [3.8, 4) is 0 Å². The molecule has 0 radical (unpaired) electrons. The van der Waals surface area contributed by atoms with Crippen molar-refractivity contribution in [1.82, 2.24) is 4.90 Å². The summed E-state index contributed by atoms with van der Waals surface area (Å²) in [5, 5.41) is 0. The van der Waals surface area contributed by atoms with Crippen LogP contribution < -0.4 is 5.73 Å². The minimum Gasteiger partial charge on any atom is -0.335 e. The maximum atomic E-state index is 13.2. The summed E-state index contributed by atoms with van der Waals surface area (Å²) in [6.45, 7) is 0.501. The van der Waals surface area contributed by atoms with Gasteiger partial charge in [-0.25, -0.2) is 0 Å². The Morgan fingerprint density at radius 2 is 1.88 bits per heavy atom. The topological polar surface area (TPSA) is 46.3 Å². The van der Waals surface area contributed by atoms with Gasteiger partial charge in [0.25, 0.3) is 0 Å². The van der Waals surface area contributed by atoms with Crippen LogP contribution in [0.25, 0.3) is 0 Å². The zero-order valence-corrected chi connectivity index (χ0v) is 13.6. The molecule has 2 aliphatic rings. The Hall–Kier alpha value is -1.56. The smallest absolute Gasteiger partial charge is 0.335 e. The Bertz CT molecular complexity index is 598. The van der Waals surface area contributed by atoms with Crippen molar-refractivity contribution in [2.75, 3.05) is 6.54 Å². The summed E-state index contributed by atoms with van der Waals surface area (Å²) in [5.74, 6) is 0.0210. The summed E-state index contributed by atoms with van der Waals surface area (Å²) in [5.41, 5.74) is 5.29. The van der Waals surface area contributed by atoms with Gasteiger partial charge in [-0.2, -0.15) is 13.2 Å². The van der Waals surface area contributed by atoms with E-state index in [1.54, 1.807) is 11.0 Å². The molecule has 1 aromatic carbocycles. The van der Waals surface area contributed by atoms with Crippen LogP contribution in [-0.4, -0.2) is 23.4 Å². The van der Waals surface area contributed by atoms with E-state index in [1.165, 1.54) is 12.1 Å². The maximum Gasteiger partial charge on any atom is 0.416 e. The minimum absolute atomic E-state index is 0.0116. The van der Waals surface area contributed by atoms with Crippen molar-refractivity contribution < 1.29 is 18.0 Å². The van der Waals surface area contributed by atoms with Crippen molar-refractivity contribution in [2.45, 2.75) is 50.9 Å². The third-order valence-electron chi connectivity index (χ3n) is 5.21. The molecule has 1 aromatic rings. The van der Waals surface area contributed by atoms with Gasteiger partial charge in [0.2, 0.25) is 5.91 Å². The van der Waals surface area contributed by atoms with E-state index < -0.39 is 11.7 Å². The number of hydrogen-bond donors (Lipinski definition) is 1. The van der Waals surface area contributed by atoms with Gasteiger partial charge >= 0.3 is 6.18 Å². The molecule has 3 rings (SSSR count). The van der Waals surface area contributed by atoms with Crippen LogP contribution in [0.1, 0.15) is 43.2 Å². The summed E-state index contributed by atoms with van der Waals surface area (Å²) >= 11 is 0. The van der Waals surface area contributed by atoms with Crippen molar-refractivity contribution in [3.63, 3.8) is 0 Å². The fourth-order valence-electron chi connectivity index (χ4n) is 3.75. The van der Waals surface area contributed by atoms with Crippen molar-refractivity contribution in [3.05, 3.63) is 35.4 Å². The SMILES string of the molecule is NC[C@H]1CCC[C@H]1C(=O)N(Cc1ccccc1C(F)(F)F)C1CC1. The molecule has 0 heterocycles. The van der Waals surface area contributed by atoms with Crippen LogP contribution in [0.4, 0.5) is 13.2 Å². The average molecular weight is 340 g/mol. The lowest BCUT2D eigenvalue weighted by Gasteiger charge is -2.29. The minimum atomic E-state index is -4.40. The molecule has 0 bridgehead atoms. The molecule has 2 saturated carbocycles. The summed E-state index contributed by atoms with van der Waals surface area (Å²) < 4.78 is 39.6. The molecule has 0 aliphatic heterocycles. The molecule has 2 N–H and O–H groups in total. The van der Waals surface area contributed by atoms with Gasteiger partial charge < -0.3 is 10.6 Å². The largest absolute Gasteiger partial charge is 0.416 e. The molecular formula is C18H23F3N2O. The molecule has 1 amide bonds. The Morgan fingerprint density at radius 1 is 1.17 bits per heavy atom. The number of benzene rings is 1. The fourth-order valence-corrected chi connectivity index (χ4v) is 3.75. The molecule has 0 unspecified atom stereocenters. The van der Waals surface area contributed by atoms with E-state index >= 15 is 0 Å². The molecule has 3 nitrogen and oxygen atoms in total. The van der Waals surface area contributed by atoms with Crippen LogP contribution in [0.3, 0.4) is 0 Å². The van der Waals surface area contributed by atoms with Crippen LogP contribution >= 0.6 is 0 Å². The molecule has 2 atom stereocenters. The van der Waals surface area contributed by atoms with Gasteiger partial charge in [-0.15, -0.1) is 0 Å². The molecule has 2 fully saturated rings. The quantitative estimate of drug-likeness (QED) is 0.891. The van der Waals surface area contributed by atoms with Gasteiger partial charge in [0.15, 0.2) is 0 Å². The summed E-state index contributed by atoms with van der Waals surface area (Å²) in [7, 11) is 0. The number of amides is 1. The van der Waals surface area contributed by atoms with Crippen LogP contribution in [0.2, 0.25) is 0 Å². The first kappa shape index (κ1) is 17.3. The summed E-state index contributed by atoms with van der Waals surface area (Å²) in [4.78, 5) is 14.6. The standard InChI is InChI=1S/C18H23F3N2O/c19-18(20,21)16-7-2-1-4-13(16)11-23(14-8-9-14)17(24)15-6-3-5-12(15)10-22/h1-2,4,7,12,14-15H,3,5-6,8-11,22H2/t12-,15-/m1/s1. The highest BCUT2D eigenvalue weighted by Crippen LogP contribution is 2.38. The van der Waals surface area contributed by atoms with E-state index in [9.17, 15) is 18.0 Å². The normalized spacial score (nSPS) is 24.2. The first-order valence-corrected chi connectivity index (χ1v) is 8.57. The van der Waals surface area contributed by atoms with Gasteiger partial charge in [-0.1, -0.05) is 24.6 Å². The lowest BCUT2D eigenvalue weighted by atomic mass is 9.94. The van der Waals surface area contributed by atoms with E-state index in [-0.39, 0.29) is 35.9 Å². The van der Waals surface area contributed by atoms with Gasteiger partial charge in [0, 0.05) is 18.5 Å². The number of carbonyl (C=O) groups excluding carboxylic acids is 1. The Morgan fingerprint density at radius 3 is 2.50 bits per heavy atom. The van der Waals surface area contributed by atoms with Gasteiger partial charge in [-0.3, -0.25) is 4.79 Å². The molecular weight excluding hydrogens is 317 g/mol. The zero-order chi connectivity index (χ0) is 17.3. The van der Waals surface area contributed by atoms with Gasteiger partial charge in [0.1, 0.15) is 0 Å². The van der Waals surface area contributed by atoms with E-state index in [2.05, 4.69) is 0 Å².